The second kappa shape index (κ2) is 6.93. The molecule has 3 rings (SSSR count). The first-order valence-electron chi connectivity index (χ1n) is 7.70. The number of anilines is 1. The van der Waals surface area contributed by atoms with Crippen molar-refractivity contribution >= 4 is 29.2 Å². The van der Waals surface area contributed by atoms with Crippen LogP contribution in [-0.2, 0) is 6.54 Å². The summed E-state index contributed by atoms with van der Waals surface area (Å²) in [6.07, 6.45) is 0. The Bertz CT molecular complexity index is 761. The molecule has 1 aliphatic rings. The van der Waals surface area contributed by atoms with Gasteiger partial charge in [0.25, 0.3) is 5.91 Å². The number of hydrogen-bond acceptors (Lipinski definition) is 2. The number of rotatable bonds is 4. The third-order valence-corrected chi connectivity index (χ3v) is 4.36. The molecule has 2 aromatic rings. The lowest BCUT2D eigenvalue weighted by molar-refractivity contribution is 0.0785. The van der Waals surface area contributed by atoms with E-state index in [2.05, 4.69) is 5.32 Å². The number of benzene rings is 2. The van der Waals surface area contributed by atoms with Crippen molar-refractivity contribution in [3.05, 3.63) is 64.7 Å². The molecule has 1 heterocycles. The number of halogens is 1. The Morgan fingerprint density at radius 1 is 1.21 bits per heavy atom. The van der Waals surface area contributed by atoms with Crippen LogP contribution in [0.15, 0.2) is 48.5 Å². The van der Waals surface area contributed by atoms with Crippen LogP contribution in [0, 0.1) is 0 Å². The van der Waals surface area contributed by atoms with E-state index >= 15 is 0 Å². The highest BCUT2D eigenvalue weighted by atomic mass is 35.5. The summed E-state index contributed by atoms with van der Waals surface area (Å²) in [5.41, 5.74) is 2.27. The second-order valence-corrected chi connectivity index (χ2v) is 6.09. The van der Waals surface area contributed by atoms with E-state index in [0.29, 0.717) is 30.2 Å². The maximum Gasteiger partial charge on any atom is 0.321 e. The van der Waals surface area contributed by atoms with Gasteiger partial charge in [0.1, 0.15) is 0 Å². The quantitative estimate of drug-likeness (QED) is 0.927. The molecule has 0 radical (unpaired) electrons. The maximum atomic E-state index is 12.5. The molecule has 0 bridgehead atoms. The number of urea groups is 1. The van der Waals surface area contributed by atoms with Crippen molar-refractivity contribution in [3.8, 4) is 0 Å². The molecule has 1 saturated heterocycles. The van der Waals surface area contributed by atoms with Gasteiger partial charge in [0.15, 0.2) is 0 Å². The molecule has 5 nitrogen and oxygen atoms in total. The Balaban J connectivity index is 1.70. The van der Waals surface area contributed by atoms with E-state index in [9.17, 15) is 9.59 Å². The van der Waals surface area contributed by atoms with E-state index in [1.54, 1.807) is 41.1 Å². The lowest BCUT2D eigenvalue weighted by Crippen LogP contribution is -2.28. The third kappa shape index (κ3) is 3.36. The van der Waals surface area contributed by atoms with Crippen molar-refractivity contribution in [2.45, 2.75) is 6.54 Å². The number of carbonyl (C=O) groups is 2. The summed E-state index contributed by atoms with van der Waals surface area (Å²) >= 11 is 6.14. The molecular formula is C18H18ClN3O2. The fourth-order valence-electron chi connectivity index (χ4n) is 2.68. The van der Waals surface area contributed by atoms with Gasteiger partial charge in [-0.1, -0.05) is 29.8 Å². The van der Waals surface area contributed by atoms with Crippen LogP contribution < -0.4 is 10.2 Å². The van der Waals surface area contributed by atoms with E-state index < -0.39 is 0 Å². The van der Waals surface area contributed by atoms with Gasteiger partial charge in [-0.2, -0.15) is 0 Å². The predicted octanol–water partition coefficient (Wildman–Crippen LogP) is 3.14. The van der Waals surface area contributed by atoms with E-state index in [4.69, 9.17) is 11.6 Å². The van der Waals surface area contributed by atoms with Crippen LogP contribution in [0.2, 0.25) is 5.02 Å². The summed E-state index contributed by atoms with van der Waals surface area (Å²) < 4.78 is 0. The maximum absolute atomic E-state index is 12.5. The SMILES string of the molecule is CN(Cc1ccccc1Cl)C(=O)c1ccc(N2CCNC2=O)cc1. The summed E-state index contributed by atoms with van der Waals surface area (Å²) in [5.74, 6) is -0.0904. The van der Waals surface area contributed by atoms with Gasteiger partial charge < -0.3 is 10.2 Å². The van der Waals surface area contributed by atoms with Gasteiger partial charge in [0.05, 0.1) is 0 Å². The average Bonchev–Trinajstić information content (AvgIpc) is 3.02. The summed E-state index contributed by atoms with van der Waals surface area (Å²) in [4.78, 5) is 27.5. The minimum atomic E-state index is -0.107. The normalized spacial score (nSPS) is 13.8. The zero-order valence-corrected chi connectivity index (χ0v) is 14.1. The van der Waals surface area contributed by atoms with E-state index in [1.165, 1.54) is 0 Å². The van der Waals surface area contributed by atoms with Gasteiger partial charge >= 0.3 is 6.03 Å². The Hall–Kier alpha value is -2.53. The summed E-state index contributed by atoms with van der Waals surface area (Å²) in [6.45, 7) is 1.72. The van der Waals surface area contributed by atoms with Gasteiger partial charge in [-0.25, -0.2) is 4.79 Å². The largest absolute Gasteiger partial charge is 0.337 e. The Kier molecular flexibility index (Phi) is 4.71. The van der Waals surface area contributed by atoms with Crippen LogP contribution in [0.5, 0.6) is 0 Å². The molecular weight excluding hydrogens is 326 g/mol. The number of nitrogens with one attached hydrogen (secondary N) is 1. The molecule has 0 atom stereocenters. The van der Waals surface area contributed by atoms with Gasteiger partial charge in [0, 0.05) is 43.0 Å². The molecule has 6 heteroatoms. The topological polar surface area (TPSA) is 52.7 Å². The first kappa shape index (κ1) is 16.3. The molecule has 0 aliphatic carbocycles. The van der Waals surface area contributed by atoms with E-state index in [-0.39, 0.29) is 11.9 Å². The zero-order chi connectivity index (χ0) is 17.1. The Labute approximate surface area is 145 Å². The van der Waals surface area contributed by atoms with Crippen molar-refractivity contribution in [1.29, 1.82) is 0 Å². The molecule has 0 aromatic heterocycles. The van der Waals surface area contributed by atoms with Crippen molar-refractivity contribution in [1.82, 2.24) is 10.2 Å². The predicted molar refractivity (Wildman–Crippen MR) is 94.4 cm³/mol. The molecule has 1 fully saturated rings. The van der Waals surface area contributed by atoms with Crippen molar-refractivity contribution < 1.29 is 9.59 Å². The van der Waals surface area contributed by atoms with Crippen molar-refractivity contribution in [2.24, 2.45) is 0 Å². The summed E-state index contributed by atoms with van der Waals surface area (Å²) in [5, 5.41) is 3.40. The lowest BCUT2D eigenvalue weighted by Gasteiger charge is -2.19. The van der Waals surface area contributed by atoms with Crippen molar-refractivity contribution in [2.75, 3.05) is 25.0 Å². The zero-order valence-electron chi connectivity index (χ0n) is 13.3. The van der Waals surface area contributed by atoms with Crippen LogP contribution in [-0.4, -0.2) is 37.0 Å². The Morgan fingerprint density at radius 3 is 2.54 bits per heavy atom. The molecule has 0 saturated carbocycles. The van der Waals surface area contributed by atoms with Crippen LogP contribution in [0.25, 0.3) is 0 Å². The van der Waals surface area contributed by atoms with Gasteiger partial charge in [-0.3, -0.25) is 9.69 Å². The monoisotopic (exact) mass is 343 g/mol. The summed E-state index contributed by atoms with van der Waals surface area (Å²) in [7, 11) is 1.74. The van der Waals surface area contributed by atoms with Gasteiger partial charge in [0.2, 0.25) is 0 Å². The molecule has 3 amide bonds. The standard InChI is InChI=1S/C18H18ClN3O2/c1-21(12-14-4-2-3-5-16(14)19)17(23)13-6-8-15(9-7-13)22-11-10-20-18(22)24/h2-9H,10-12H2,1H3,(H,20,24). The first-order chi connectivity index (χ1) is 11.6. The highest BCUT2D eigenvalue weighted by Crippen LogP contribution is 2.20. The minimum Gasteiger partial charge on any atom is -0.337 e. The number of amides is 3. The summed E-state index contributed by atoms with van der Waals surface area (Å²) in [6, 6.07) is 14.4. The van der Waals surface area contributed by atoms with E-state index in [0.717, 1.165) is 11.3 Å². The van der Waals surface area contributed by atoms with Gasteiger partial charge in [-0.05, 0) is 35.9 Å². The lowest BCUT2D eigenvalue weighted by atomic mass is 10.1. The van der Waals surface area contributed by atoms with E-state index in [1.807, 2.05) is 24.3 Å². The van der Waals surface area contributed by atoms with Gasteiger partial charge in [-0.15, -0.1) is 0 Å². The molecule has 0 spiro atoms. The van der Waals surface area contributed by atoms with Crippen LogP contribution in [0.1, 0.15) is 15.9 Å². The smallest absolute Gasteiger partial charge is 0.321 e. The first-order valence-corrected chi connectivity index (χ1v) is 8.08. The number of carbonyl (C=O) groups excluding carboxylic acids is 2. The fourth-order valence-corrected chi connectivity index (χ4v) is 2.87. The fraction of sp³-hybridized carbons (Fsp3) is 0.222. The highest BCUT2D eigenvalue weighted by Gasteiger charge is 2.21. The highest BCUT2D eigenvalue weighted by molar-refractivity contribution is 6.31. The average molecular weight is 344 g/mol. The number of nitrogens with zero attached hydrogens (tertiary/aromatic N) is 2. The molecule has 2 aromatic carbocycles. The number of hydrogen-bond donors (Lipinski definition) is 1. The Morgan fingerprint density at radius 2 is 1.92 bits per heavy atom. The minimum absolute atomic E-state index is 0.0904. The molecule has 1 N–H and O–H groups in total. The van der Waals surface area contributed by atoms with Crippen LogP contribution in [0.4, 0.5) is 10.5 Å². The van der Waals surface area contributed by atoms with Crippen LogP contribution in [0.3, 0.4) is 0 Å². The molecule has 124 valence electrons. The van der Waals surface area contributed by atoms with Crippen LogP contribution >= 0.6 is 11.6 Å². The molecule has 24 heavy (non-hydrogen) atoms. The molecule has 1 aliphatic heterocycles. The second-order valence-electron chi connectivity index (χ2n) is 5.68. The van der Waals surface area contributed by atoms with Crippen molar-refractivity contribution in [3.63, 3.8) is 0 Å². The third-order valence-electron chi connectivity index (χ3n) is 3.99. The molecule has 0 unspecified atom stereocenters.